The van der Waals surface area contributed by atoms with Gasteiger partial charge in [0, 0.05) is 38.3 Å². The van der Waals surface area contributed by atoms with E-state index >= 15 is 0 Å². The lowest BCUT2D eigenvalue weighted by atomic mass is 10.1. The third-order valence-corrected chi connectivity index (χ3v) is 2.95. The summed E-state index contributed by atoms with van der Waals surface area (Å²) in [5.41, 5.74) is -0.658. The Balaban J connectivity index is 2.38. The Bertz CT molecular complexity index is 304. The number of nitrogens with zero attached hydrogens (tertiary/aromatic N) is 2. The van der Waals surface area contributed by atoms with Crippen molar-refractivity contribution in [2.24, 2.45) is 0 Å². The van der Waals surface area contributed by atoms with Gasteiger partial charge in [-0.15, -0.1) is 11.3 Å². The van der Waals surface area contributed by atoms with Crippen LogP contribution in [0.1, 0.15) is 18.7 Å². The van der Waals surface area contributed by atoms with Crippen LogP contribution in [0, 0.1) is 0 Å². The Morgan fingerprint density at radius 1 is 1.53 bits per heavy atom. The molecule has 0 amide bonds. The molecular weight excluding hydrogens is 210 g/mol. The second kappa shape index (κ2) is 4.92. The molecule has 0 fully saturated rings. The number of anilines is 1. The molecule has 0 saturated carbocycles. The standard InChI is InChI=1S/C10H19N3OS/c1-10(2,14)7-11-5-8-6-12-9(15-8)13(3)4/h6,11,14H,5,7H2,1-4H3. The highest BCUT2D eigenvalue weighted by atomic mass is 32.1. The number of hydrogen-bond donors (Lipinski definition) is 2. The smallest absolute Gasteiger partial charge is 0.185 e. The Hall–Kier alpha value is -0.650. The second-order valence-electron chi connectivity index (χ2n) is 4.42. The zero-order valence-corrected chi connectivity index (χ0v) is 10.6. The van der Waals surface area contributed by atoms with Gasteiger partial charge in [-0.1, -0.05) is 0 Å². The summed E-state index contributed by atoms with van der Waals surface area (Å²) in [7, 11) is 3.96. The fourth-order valence-electron chi connectivity index (χ4n) is 1.08. The largest absolute Gasteiger partial charge is 0.389 e. The van der Waals surface area contributed by atoms with E-state index in [0.29, 0.717) is 6.54 Å². The third kappa shape index (κ3) is 4.59. The van der Waals surface area contributed by atoms with E-state index in [1.165, 1.54) is 4.88 Å². The molecule has 2 N–H and O–H groups in total. The van der Waals surface area contributed by atoms with Crippen LogP contribution in [-0.2, 0) is 6.54 Å². The lowest BCUT2D eigenvalue weighted by Gasteiger charge is -2.17. The van der Waals surface area contributed by atoms with Crippen LogP contribution in [0.25, 0.3) is 0 Å². The summed E-state index contributed by atoms with van der Waals surface area (Å²) in [6, 6.07) is 0. The summed E-state index contributed by atoms with van der Waals surface area (Å²) in [6.07, 6.45) is 1.87. The van der Waals surface area contributed by atoms with Crippen molar-refractivity contribution < 1.29 is 5.11 Å². The topological polar surface area (TPSA) is 48.4 Å². The van der Waals surface area contributed by atoms with E-state index in [4.69, 9.17) is 0 Å². The highest BCUT2D eigenvalue weighted by molar-refractivity contribution is 7.15. The van der Waals surface area contributed by atoms with Gasteiger partial charge < -0.3 is 15.3 Å². The van der Waals surface area contributed by atoms with Crippen molar-refractivity contribution in [1.29, 1.82) is 0 Å². The van der Waals surface area contributed by atoms with E-state index in [-0.39, 0.29) is 0 Å². The maximum Gasteiger partial charge on any atom is 0.185 e. The molecule has 15 heavy (non-hydrogen) atoms. The van der Waals surface area contributed by atoms with Gasteiger partial charge in [0.05, 0.1) is 5.60 Å². The van der Waals surface area contributed by atoms with Crippen LogP contribution in [0.2, 0.25) is 0 Å². The number of hydrogen-bond acceptors (Lipinski definition) is 5. The van der Waals surface area contributed by atoms with Crippen LogP contribution in [-0.4, -0.2) is 36.3 Å². The van der Waals surface area contributed by atoms with E-state index in [9.17, 15) is 5.11 Å². The van der Waals surface area contributed by atoms with Gasteiger partial charge in [0.2, 0.25) is 0 Å². The first-order valence-corrected chi connectivity index (χ1v) is 5.75. The predicted molar refractivity (Wildman–Crippen MR) is 64.4 cm³/mol. The molecule has 1 heterocycles. The van der Waals surface area contributed by atoms with Gasteiger partial charge in [-0.25, -0.2) is 4.98 Å². The Morgan fingerprint density at radius 2 is 2.20 bits per heavy atom. The van der Waals surface area contributed by atoms with Gasteiger partial charge in [0.1, 0.15) is 0 Å². The van der Waals surface area contributed by atoms with Crippen molar-refractivity contribution >= 4 is 16.5 Å². The summed E-state index contributed by atoms with van der Waals surface area (Å²) < 4.78 is 0. The highest BCUT2D eigenvalue weighted by Crippen LogP contribution is 2.19. The van der Waals surface area contributed by atoms with Gasteiger partial charge in [-0.3, -0.25) is 0 Å². The van der Waals surface area contributed by atoms with Crippen LogP contribution >= 0.6 is 11.3 Å². The molecule has 0 saturated heterocycles. The molecule has 4 nitrogen and oxygen atoms in total. The van der Waals surface area contributed by atoms with Crippen molar-refractivity contribution in [3.05, 3.63) is 11.1 Å². The molecule has 0 aromatic carbocycles. The Labute approximate surface area is 94.9 Å². The molecule has 0 aliphatic carbocycles. The summed E-state index contributed by atoms with van der Waals surface area (Å²) in [6.45, 7) is 4.92. The summed E-state index contributed by atoms with van der Waals surface area (Å²) in [4.78, 5) is 7.45. The summed E-state index contributed by atoms with van der Waals surface area (Å²) in [5, 5.41) is 13.7. The quantitative estimate of drug-likeness (QED) is 0.793. The van der Waals surface area contributed by atoms with E-state index < -0.39 is 5.60 Å². The monoisotopic (exact) mass is 229 g/mol. The zero-order valence-electron chi connectivity index (χ0n) is 9.74. The summed E-state index contributed by atoms with van der Waals surface area (Å²) in [5.74, 6) is 0. The molecule has 0 radical (unpaired) electrons. The van der Waals surface area contributed by atoms with Gasteiger partial charge in [0.25, 0.3) is 0 Å². The van der Waals surface area contributed by atoms with Crippen molar-refractivity contribution in [3.8, 4) is 0 Å². The predicted octanol–water partition coefficient (Wildman–Crippen LogP) is 1.07. The van der Waals surface area contributed by atoms with Crippen LogP contribution in [0.4, 0.5) is 5.13 Å². The minimum absolute atomic E-state index is 0.586. The zero-order chi connectivity index (χ0) is 11.5. The first-order valence-electron chi connectivity index (χ1n) is 4.93. The highest BCUT2D eigenvalue weighted by Gasteiger charge is 2.11. The van der Waals surface area contributed by atoms with Crippen LogP contribution in [0.15, 0.2) is 6.20 Å². The molecule has 0 spiro atoms. The van der Waals surface area contributed by atoms with E-state index in [2.05, 4.69) is 10.3 Å². The van der Waals surface area contributed by atoms with E-state index in [1.807, 2.05) is 25.2 Å². The molecule has 0 aliphatic heterocycles. The maximum absolute atomic E-state index is 9.51. The van der Waals surface area contributed by atoms with Crippen molar-refractivity contribution in [1.82, 2.24) is 10.3 Å². The van der Waals surface area contributed by atoms with Gasteiger partial charge in [-0.05, 0) is 13.8 Å². The van der Waals surface area contributed by atoms with Crippen LogP contribution < -0.4 is 10.2 Å². The van der Waals surface area contributed by atoms with Crippen molar-refractivity contribution in [3.63, 3.8) is 0 Å². The number of thiazole rings is 1. The van der Waals surface area contributed by atoms with Gasteiger partial charge >= 0.3 is 0 Å². The van der Waals surface area contributed by atoms with Crippen molar-refractivity contribution in [2.45, 2.75) is 26.0 Å². The molecule has 0 aliphatic rings. The molecule has 0 atom stereocenters. The minimum atomic E-state index is -0.658. The number of rotatable bonds is 5. The van der Waals surface area contributed by atoms with Gasteiger partial charge in [0.15, 0.2) is 5.13 Å². The maximum atomic E-state index is 9.51. The first-order chi connectivity index (χ1) is 6.88. The Kier molecular flexibility index (Phi) is 4.07. The van der Waals surface area contributed by atoms with Crippen molar-refractivity contribution in [2.75, 3.05) is 25.5 Å². The van der Waals surface area contributed by atoms with E-state index in [1.54, 1.807) is 25.2 Å². The minimum Gasteiger partial charge on any atom is -0.389 e. The fraction of sp³-hybridized carbons (Fsp3) is 0.700. The normalized spacial score (nSPS) is 11.8. The molecule has 1 aromatic heterocycles. The van der Waals surface area contributed by atoms with Crippen LogP contribution in [0.3, 0.4) is 0 Å². The SMILES string of the molecule is CN(C)c1ncc(CNCC(C)(C)O)s1. The number of aromatic nitrogens is 1. The molecule has 1 rings (SSSR count). The van der Waals surface area contributed by atoms with Crippen LogP contribution in [0.5, 0.6) is 0 Å². The molecular formula is C10H19N3OS. The lowest BCUT2D eigenvalue weighted by Crippen LogP contribution is -2.34. The first kappa shape index (κ1) is 12.4. The second-order valence-corrected chi connectivity index (χ2v) is 5.51. The molecule has 0 unspecified atom stereocenters. The Morgan fingerprint density at radius 3 is 2.67 bits per heavy atom. The van der Waals surface area contributed by atoms with E-state index in [0.717, 1.165) is 11.7 Å². The average molecular weight is 229 g/mol. The third-order valence-electron chi connectivity index (χ3n) is 1.78. The molecule has 0 bridgehead atoms. The average Bonchev–Trinajstić information content (AvgIpc) is 2.50. The molecule has 86 valence electrons. The number of aliphatic hydroxyl groups is 1. The fourth-order valence-corrected chi connectivity index (χ4v) is 1.88. The van der Waals surface area contributed by atoms with Gasteiger partial charge in [-0.2, -0.15) is 0 Å². The number of nitrogens with one attached hydrogen (secondary N) is 1. The molecule has 5 heteroatoms. The lowest BCUT2D eigenvalue weighted by molar-refractivity contribution is 0.0796. The molecule has 1 aromatic rings. The summed E-state index contributed by atoms with van der Waals surface area (Å²) >= 11 is 1.66.